The monoisotopic (exact) mass is 278 g/mol. The fourth-order valence-electron chi connectivity index (χ4n) is 3.48. The molecule has 0 bridgehead atoms. The van der Waals surface area contributed by atoms with Gasteiger partial charge in [-0.05, 0) is 24.0 Å². The van der Waals surface area contributed by atoms with Crippen molar-refractivity contribution in [3.63, 3.8) is 0 Å². The lowest BCUT2D eigenvalue weighted by molar-refractivity contribution is -0.130. The molecule has 2 fully saturated rings. The van der Waals surface area contributed by atoms with E-state index in [1.807, 2.05) is 38.1 Å². The molecule has 0 radical (unpaired) electrons. The van der Waals surface area contributed by atoms with E-state index in [1.165, 1.54) is 0 Å². The van der Waals surface area contributed by atoms with Crippen LogP contribution in [0.5, 0.6) is 0 Å². The second-order valence-corrected chi connectivity index (χ2v) is 6.98. The summed E-state index contributed by atoms with van der Waals surface area (Å²) in [6.07, 6.45) is 1.38. The summed E-state index contributed by atoms with van der Waals surface area (Å²) in [5.74, 6) is 0.624. The Hall–Kier alpha value is -0.860. The number of fused-ring (bicyclic) bond motifs is 1. The number of carbonyl (C=O) groups excluding carboxylic acids is 1. The highest BCUT2D eigenvalue weighted by Crippen LogP contribution is 2.56. The van der Waals surface area contributed by atoms with Crippen LogP contribution in [0.4, 0.5) is 0 Å². The second kappa shape index (κ2) is 4.07. The molecule has 0 spiro atoms. The van der Waals surface area contributed by atoms with Gasteiger partial charge in [0.1, 0.15) is 11.7 Å². The quantitative estimate of drug-likeness (QED) is 0.773. The highest BCUT2D eigenvalue weighted by molar-refractivity contribution is 6.31. The lowest BCUT2D eigenvalue weighted by Crippen LogP contribution is -2.44. The molecule has 1 aromatic carbocycles. The number of ether oxygens (including phenoxy) is 1. The molecule has 102 valence electrons. The summed E-state index contributed by atoms with van der Waals surface area (Å²) in [5.41, 5.74) is 0.508. The first-order valence-corrected chi connectivity index (χ1v) is 7.20. The Morgan fingerprint density at radius 2 is 2.05 bits per heavy atom. The van der Waals surface area contributed by atoms with Crippen molar-refractivity contribution in [3.8, 4) is 0 Å². The number of hydrogen-bond acceptors (Lipinski definition) is 2. The normalized spacial score (nSPS) is 35.9. The highest BCUT2D eigenvalue weighted by Gasteiger charge is 2.68. The van der Waals surface area contributed by atoms with Gasteiger partial charge >= 0.3 is 0 Å². The molecule has 3 rings (SSSR count). The number of epoxide rings is 1. The third-order valence-electron chi connectivity index (χ3n) is 4.70. The van der Waals surface area contributed by atoms with Crippen molar-refractivity contribution in [3.05, 3.63) is 34.9 Å². The van der Waals surface area contributed by atoms with Crippen LogP contribution in [0.2, 0.25) is 5.02 Å². The summed E-state index contributed by atoms with van der Waals surface area (Å²) in [5, 5.41) is 0.760. The Morgan fingerprint density at radius 3 is 2.74 bits per heavy atom. The van der Waals surface area contributed by atoms with Gasteiger partial charge in [-0.15, -0.1) is 0 Å². The number of carbonyl (C=O) groups is 1. The maximum atomic E-state index is 12.4. The number of benzene rings is 1. The van der Waals surface area contributed by atoms with E-state index in [9.17, 15) is 4.79 Å². The SMILES string of the molecule is CC1CC(C)(C)C(=O)C2OC12Cc1ccccc1Cl. The minimum Gasteiger partial charge on any atom is -0.357 e. The van der Waals surface area contributed by atoms with Crippen LogP contribution in [0.25, 0.3) is 0 Å². The molecular formula is C16H19ClO2. The molecule has 1 aliphatic heterocycles. The van der Waals surface area contributed by atoms with E-state index < -0.39 is 0 Å². The summed E-state index contributed by atoms with van der Waals surface area (Å²) in [6, 6.07) is 7.82. The molecule has 2 aliphatic rings. The van der Waals surface area contributed by atoms with Gasteiger partial charge in [0.25, 0.3) is 0 Å². The van der Waals surface area contributed by atoms with Crippen LogP contribution >= 0.6 is 11.6 Å². The average molecular weight is 279 g/mol. The number of halogens is 1. The zero-order valence-corrected chi connectivity index (χ0v) is 12.3. The van der Waals surface area contributed by atoms with Crippen molar-refractivity contribution in [2.75, 3.05) is 0 Å². The maximum Gasteiger partial charge on any atom is 0.170 e. The molecule has 0 aromatic heterocycles. The smallest absolute Gasteiger partial charge is 0.170 e. The third kappa shape index (κ3) is 1.93. The van der Waals surface area contributed by atoms with Gasteiger partial charge in [0.05, 0.1) is 0 Å². The van der Waals surface area contributed by atoms with Crippen LogP contribution < -0.4 is 0 Å². The minimum atomic E-state index is -0.308. The van der Waals surface area contributed by atoms with E-state index in [4.69, 9.17) is 16.3 Å². The van der Waals surface area contributed by atoms with E-state index in [2.05, 4.69) is 6.92 Å². The number of hydrogen-bond donors (Lipinski definition) is 0. The first kappa shape index (κ1) is 13.1. The van der Waals surface area contributed by atoms with Crippen LogP contribution in [0.15, 0.2) is 24.3 Å². The molecule has 1 saturated carbocycles. The van der Waals surface area contributed by atoms with Gasteiger partial charge in [-0.2, -0.15) is 0 Å². The van der Waals surface area contributed by atoms with Crippen LogP contribution in [0.1, 0.15) is 32.8 Å². The van der Waals surface area contributed by atoms with E-state index >= 15 is 0 Å². The summed E-state index contributed by atoms with van der Waals surface area (Å²) in [7, 11) is 0. The van der Waals surface area contributed by atoms with Gasteiger partial charge in [-0.25, -0.2) is 0 Å². The van der Waals surface area contributed by atoms with Gasteiger partial charge in [0.15, 0.2) is 5.78 Å². The van der Waals surface area contributed by atoms with Crippen LogP contribution in [-0.4, -0.2) is 17.5 Å². The van der Waals surface area contributed by atoms with Gasteiger partial charge in [0, 0.05) is 16.9 Å². The summed E-state index contributed by atoms with van der Waals surface area (Å²) >= 11 is 6.22. The second-order valence-electron chi connectivity index (χ2n) is 6.57. The molecule has 1 aromatic rings. The van der Waals surface area contributed by atoms with Crippen molar-refractivity contribution < 1.29 is 9.53 Å². The van der Waals surface area contributed by atoms with E-state index in [1.54, 1.807) is 0 Å². The Balaban J connectivity index is 1.88. The van der Waals surface area contributed by atoms with Crippen LogP contribution in [0.3, 0.4) is 0 Å². The van der Waals surface area contributed by atoms with Crippen molar-refractivity contribution in [2.45, 2.75) is 45.3 Å². The van der Waals surface area contributed by atoms with Gasteiger partial charge in [-0.1, -0.05) is 50.6 Å². The fraction of sp³-hybridized carbons (Fsp3) is 0.562. The molecule has 3 atom stereocenters. The molecule has 0 amide bonds. The maximum absolute atomic E-state index is 12.4. The lowest BCUT2D eigenvalue weighted by Gasteiger charge is -2.34. The lowest BCUT2D eigenvalue weighted by atomic mass is 9.65. The Morgan fingerprint density at radius 1 is 1.37 bits per heavy atom. The summed E-state index contributed by atoms with van der Waals surface area (Å²) in [4.78, 5) is 12.4. The van der Waals surface area contributed by atoms with Crippen LogP contribution in [-0.2, 0) is 16.0 Å². The average Bonchev–Trinajstić information content (AvgIpc) is 3.06. The first-order valence-electron chi connectivity index (χ1n) is 6.82. The van der Waals surface area contributed by atoms with Gasteiger partial charge < -0.3 is 4.74 Å². The first-order chi connectivity index (χ1) is 8.87. The van der Waals surface area contributed by atoms with E-state index in [0.29, 0.717) is 5.92 Å². The molecule has 0 N–H and O–H groups in total. The molecule has 3 heteroatoms. The van der Waals surface area contributed by atoms with Crippen molar-refractivity contribution in [1.82, 2.24) is 0 Å². The Bertz CT molecular complexity index is 537. The topological polar surface area (TPSA) is 29.6 Å². The number of rotatable bonds is 2. The molecule has 19 heavy (non-hydrogen) atoms. The third-order valence-corrected chi connectivity index (χ3v) is 5.07. The van der Waals surface area contributed by atoms with Crippen molar-refractivity contribution in [2.24, 2.45) is 11.3 Å². The Labute approximate surface area is 119 Å². The predicted molar refractivity (Wildman–Crippen MR) is 75.3 cm³/mol. The van der Waals surface area contributed by atoms with Crippen molar-refractivity contribution >= 4 is 17.4 Å². The fourth-order valence-corrected chi connectivity index (χ4v) is 3.68. The zero-order valence-electron chi connectivity index (χ0n) is 11.6. The Kier molecular flexibility index (Phi) is 2.81. The van der Waals surface area contributed by atoms with Gasteiger partial charge in [0.2, 0.25) is 0 Å². The molecular weight excluding hydrogens is 260 g/mol. The number of Topliss-reactive ketones (excluding diaryl/α,β-unsaturated/α-hetero) is 1. The molecule has 3 unspecified atom stereocenters. The molecule has 1 heterocycles. The standard InChI is InChI=1S/C16H19ClO2/c1-10-8-15(2,3)13(18)14-16(10,19-14)9-11-6-4-5-7-12(11)17/h4-7,10,14H,8-9H2,1-3H3. The van der Waals surface area contributed by atoms with Crippen molar-refractivity contribution in [1.29, 1.82) is 0 Å². The predicted octanol–water partition coefficient (Wildman–Crippen LogP) is 3.66. The molecule has 1 saturated heterocycles. The van der Waals surface area contributed by atoms with Crippen LogP contribution in [0, 0.1) is 11.3 Å². The largest absolute Gasteiger partial charge is 0.357 e. The summed E-state index contributed by atoms with van der Waals surface area (Å²) < 4.78 is 5.88. The zero-order chi connectivity index (χ0) is 13.8. The summed E-state index contributed by atoms with van der Waals surface area (Å²) in [6.45, 7) is 6.23. The van der Waals surface area contributed by atoms with E-state index in [0.717, 1.165) is 23.4 Å². The van der Waals surface area contributed by atoms with E-state index in [-0.39, 0.29) is 22.9 Å². The van der Waals surface area contributed by atoms with Gasteiger partial charge in [-0.3, -0.25) is 4.79 Å². The highest BCUT2D eigenvalue weighted by atomic mass is 35.5. The molecule has 2 nitrogen and oxygen atoms in total. The number of ketones is 1. The molecule has 1 aliphatic carbocycles. The minimum absolute atomic E-state index is 0.234.